The van der Waals surface area contributed by atoms with Crippen LogP contribution in [0.3, 0.4) is 0 Å². The van der Waals surface area contributed by atoms with Crippen molar-refractivity contribution in [1.82, 2.24) is 15.3 Å². The highest BCUT2D eigenvalue weighted by atomic mass is 32.2. The summed E-state index contributed by atoms with van der Waals surface area (Å²) < 4.78 is 0. The van der Waals surface area contributed by atoms with Crippen molar-refractivity contribution in [2.75, 3.05) is 12.3 Å². The Labute approximate surface area is 97.3 Å². The average molecular weight is 239 g/mol. The SMILES string of the molecule is c1csc(CNCCSc2ncc[nH]2)c1. The molecule has 0 aromatic carbocycles. The van der Waals surface area contributed by atoms with Crippen molar-refractivity contribution in [3.05, 3.63) is 34.8 Å². The maximum atomic E-state index is 4.15. The second-order valence-electron chi connectivity index (χ2n) is 3.00. The van der Waals surface area contributed by atoms with E-state index in [0.717, 1.165) is 24.0 Å². The molecule has 2 N–H and O–H groups in total. The van der Waals surface area contributed by atoms with Crippen LogP contribution >= 0.6 is 23.1 Å². The number of aromatic nitrogens is 2. The lowest BCUT2D eigenvalue weighted by Gasteiger charge is -2.01. The van der Waals surface area contributed by atoms with Crippen LogP contribution in [0.25, 0.3) is 0 Å². The molecular formula is C10H13N3S2. The van der Waals surface area contributed by atoms with Crippen molar-refractivity contribution in [1.29, 1.82) is 0 Å². The van der Waals surface area contributed by atoms with E-state index < -0.39 is 0 Å². The molecular weight excluding hydrogens is 226 g/mol. The summed E-state index contributed by atoms with van der Waals surface area (Å²) in [5.74, 6) is 1.04. The van der Waals surface area contributed by atoms with E-state index in [-0.39, 0.29) is 0 Å². The number of aromatic amines is 1. The fourth-order valence-corrected chi connectivity index (χ4v) is 2.58. The van der Waals surface area contributed by atoms with Gasteiger partial charge in [-0.3, -0.25) is 0 Å². The van der Waals surface area contributed by atoms with Gasteiger partial charge >= 0.3 is 0 Å². The molecule has 0 aliphatic heterocycles. The number of thiophene rings is 1. The molecule has 3 nitrogen and oxygen atoms in total. The summed E-state index contributed by atoms with van der Waals surface area (Å²) in [4.78, 5) is 8.60. The largest absolute Gasteiger partial charge is 0.340 e. The minimum absolute atomic E-state index is 0.969. The highest BCUT2D eigenvalue weighted by molar-refractivity contribution is 7.99. The lowest BCUT2D eigenvalue weighted by Crippen LogP contribution is -2.15. The second kappa shape index (κ2) is 5.95. The Bertz CT molecular complexity index is 320. The summed E-state index contributed by atoms with van der Waals surface area (Å²) in [6.07, 6.45) is 3.63. The molecule has 2 aromatic rings. The minimum atomic E-state index is 0.969. The predicted molar refractivity (Wildman–Crippen MR) is 65.3 cm³/mol. The molecule has 0 saturated heterocycles. The molecule has 0 atom stereocenters. The molecule has 0 unspecified atom stereocenters. The summed E-state index contributed by atoms with van der Waals surface area (Å²) in [5.41, 5.74) is 0. The Morgan fingerprint density at radius 2 is 2.53 bits per heavy atom. The number of hydrogen-bond acceptors (Lipinski definition) is 4. The summed E-state index contributed by atoms with van der Waals surface area (Å²) in [5, 5.41) is 6.50. The van der Waals surface area contributed by atoms with Gasteiger partial charge in [0.2, 0.25) is 0 Å². The van der Waals surface area contributed by atoms with Gasteiger partial charge in [0.05, 0.1) is 0 Å². The van der Waals surface area contributed by atoms with Crippen LogP contribution in [0.15, 0.2) is 35.1 Å². The van der Waals surface area contributed by atoms with Gasteiger partial charge in [-0.15, -0.1) is 11.3 Å². The first-order valence-electron chi connectivity index (χ1n) is 4.80. The fraction of sp³-hybridized carbons (Fsp3) is 0.300. The molecule has 0 bridgehead atoms. The highest BCUT2D eigenvalue weighted by Crippen LogP contribution is 2.10. The Hall–Kier alpha value is -0.780. The topological polar surface area (TPSA) is 40.7 Å². The van der Waals surface area contributed by atoms with E-state index in [1.165, 1.54) is 4.88 Å². The standard InChI is InChI=1S/C10H13N3S2/c1-2-9(14-6-1)8-11-5-7-15-10-12-3-4-13-10/h1-4,6,11H,5,7-8H2,(H,12,13). The molecule has 0 amide bonds. The van der Waals surface area contributed by atoms with Gasteiger partial charge in [-0.1, -0.05) is 17.8 Å². The highest BCUT2D eigenvalue weighted by Gasteiger charge is 1.95. The van der Waals surface area contributed by atoms with Crippen molar-refractivity contribution < 1.29 is 0 Å². The monoisotopic (exact) mass is 239 g/mol. The normalized spacial score (nSPS) is 10.7. The fourth-order valence-electron chi connectivity index (χ4n) is 1.17. The van der Waals surface area contributed by atoms with Gasteiger partial charge in [0.25, 0.3) is 0 Å². The maximum absolute atomic E-state index is 4.15. The molecule has 0 spiro atoms. The lowest BCUT2D eigenvalue weighted by molar-refractivity contribution is 0.740. The van der Waals surface area contributed by atoms with Crippen molar-refractivity contribution in [2.45, 2.75) is 11.7 Å². The Kier molecular flexibility index (Phi) is 4.25. The first kappa shape index (κ1) is 10.7. The zero-order valence-electron chi connectivity index (χ0n) is 8.27. The molecule has 2 aromatic heterocycles. The molecule has 2 heterocycles. The maximum Gasteiger partial charge on any atom is 0.165 e. The molecule has 0 saturated carbocycles. The van der Waals surface area contributed by atoms with E-state index in [4.69, 9.17) is 0 Å². The number of hydrogen-bond donors (Lipinski definition) is 2. The van der Waals surface area contributed by atoms with Gasteiger partial charge in [-0.2, -0.15) is 0 Å². The van der Waals surface area contributed by atoms with E-state index in [1.54, 1.807) is 29.3 Å². The lowest BCUT2D eigenvalue weighted by atomic mass is 10.4. The van der Waals surface area contributed by atoms with Crippen LogP contribution in [0.4, 0.5) is 0 Å². The summed E-state index contributed by atoms with van der Waals surface area (Å²) in [7, 11) is 0. The van der Waals surface area contributed by atoms with Crippen LogP contribution in [0.5, 0.6) is 0 Å². The smallest absolute Gasteiger partial charge is 0.165 e. The molecule has 0 aliphatic rings. The van der Waals surface area contributed by atoms with Crippen molar-refractivity contribution in [3.8, 4) is 0 Å². The van der Waals surface area contributed by atoms with E-state index in [9.17, 15) is 0 Å². The zero-order chi connectivity index (χ0) is 10.3. The van der Waals surface area contributed by atoms with Crippen molar-refractivity contribution in [2.24, 2.45) is 0 Å². The van der Waals surface area contributed by atoms with Gasteiger partial charge < -0.3 is 10.3 Å². The van der Waals surface area contributed by atoms with Crippen molar-refractivity contribution >= 4 is 23.1 Å². The number of rotatable bonds is 6. The van der Waals surface area contributed by atoms with Gasteiger partial charge in [0.15, 0.2) is 5.16 Å². The van der Waals surface area contributed by atoms with Gasteiger partial charge in [0, 0.05) is 36.1 Å². The summed E-state index contributed by atoms with van der Waals surface area (Å²) in [6, 6.07) is 4.23. The summed E-state index contributed by atoms with van der Waals surface area (Å²) in [6.45, 7) is 1.97. The molecule has 5 heteroatoms. The van der Waals surface area contributed by atoms with Crippen LogP contribution in [0, 0.1) is 0 Å². The van der Waals surface area contributed by atoms with E-state index in [1.807, 2.05) is 6.20 Å². The Morgan fingerprint density at radius 1 is 1.53 bits per heavy atom. The number of nitrogens with one attached hydrogen (secondary N) is 2. The quantitative estimate of drug-likeness (QED) is 0.600. The van der Waals surface area contributed by atoms with Crippen LogP contribution < -0.4 is 5.32 Å². The molecule has 0 fully saturated rings. The van der Waals surface area contributed by atoms with Crippen LogP contribution in [-0.2, 0) is 6.54 Å². The molecule has 0 aliphatic carbocycles. The number of thioether (sulfide) groups is 1. The Balaban J connectivity index is 1.56. The Morgan fingerprint density at radius 3 is 3.27 bits per heavy atom. The van der Waals surface area contributed by atoms with Crippen LogP contribution in [0.2, 0.25) is 0 Å². The van der Waals surface area contributed by atoms with E-state index in [0.29, 0.717) is 0 Å². The molecule has 80 valence electrons. The zero-order valence-corrected chi connectivity index (χ0v) is 9.90. The molecule has 0 radical (unpaired) electrons. The molecule has 2 rings (SSSR count). The van der Waals surface area contributed by atoms with Crippen LogP contribution in [0.1, 0.15) is 4.88 Å². The first-order valence-corrected chi connectivity index (χ1v) is 6.67. The van der Waals surface area contributed by atoms with Gasteiger partial charge in [-0.05, 0) is 11.4 Å². The van der Waals surface area contributed by atoms with E-state index in [2.05, 4.69) is 32.8 Å². The predicted octanol–water partition coefficient (Wildman–Crippen LogP) is 2.35. The average Bonchev–Trinajstić information content (AvgIpc) is 2.88. The number of H-pyrrole nitrogens is 1. The number of nitrogens with zero attached hydrogens (tertiary/aromatic N) is 1. The third kappa shape index (κ3) is 3.70. The second-order valence-corrected chi connectivity index (χ2v) is 5.11. The third-order valence-electron chi connectivity index (χ3n) is 1.87. The minimum Gasteiger partial charge on any atom is -0.340 e. The first-order chi connectivity index (χ1) is 7.45. The van der Waals surface area contributed by atoms with Gasteiger partial charge in [0.1, 0.15) is 0 Å². The van der Waals surface area contributed by atoms with Gasteiger partial charge in [-0.25, -0.2) is 4.98 Å². The van der Waals surface area contributed by atoms with Crippen molar-refractivity contribution in [3.63, 3.8) is 0 Å². The van der Waals surface area contributed by atoms with E-state index >= 15 is 0 Å². The summed E-state index contributed by atoms with van der Waals surface area (Å²) >= 11 is 3.53. The number of imidazole rings is 1. The third-order valence-corrected chi connectivity index (χ3v) is 3.65. The molecule has 15 heavy (non-hydrogen) atoms. The van der Waals surface area contributed by atoms with Crippen LogP contribution in [-0.4, -0.2) is 22.3 Å².